The number of aromatic nitrogens is 1. The molecule has 5 aromatic rings. The molecule has 0 aliphatic rings. The number of hydrogen-bond acceptors (Lipinski definition) is 6. The van der Waals surface area contributed by atoms with E-state index in [0.717, 1.165) is 5.56 Å². The molecular weight excluding hydrogens is 520 g/mol. The van der Waals surface area contributed by atoms with Crippen LogP contribution in [0.1, 0.15) is 12.5 Å². The van der Waals surface area contributed by atoms with Crippen molar-refractivity contribution in [1.29, 1.82) is 0 Å². The molecule has 0 aliphatic carbocycles. The number of carbonyl (C=O) groups excluding carboxylic acids is 2. The van der Waals surface area contributed by atoms with Gasteiger partial charge in [-0.3, -0.25) is 9.69 Å². The molecule has 0 saturated heterocycles. The van der Waals surface area contributed by atoms with E-state index in [1.54, 1.807) is 38.3 Å². The molecule has 1 heterocycles. The van der Waals surface area contributed by atoms with Crippen molar-refractivity contribution in [3.8, 4) is 17.2 Å². The third-order valence-electron chi connectivity index (χ3n) is 6.71. The van der Waals surface area contributed by atoms with Gasteiger partial charge in [0.2, 0.25) is 0 Å². The van der Waals surface area contributed by atoms with Crippen LogP contribution in [0.5, 0.6) is 17.2 Å². The Morgan fingerprint density at radius 1 is 0.756 bits per heavy atom. The number of fused-ring (bicyclic) bond motifs is 3. The second-order valence-corrected chi connectivity index (χ2v) is 9.38. The summed E-state index contributed by atoms with van der Waals surface area (Å²) in [5, 5.41) is 2.45. The molecule has 0 atom stereocenters. The Hall–Kier alpha value is -4.98. The van der Waals surface area contributed by atoms with Gasteiger partial charge >= 0.3 is 12.1 Å². The van der Waals surface area contributed by atoms with E-state index >= 15 is 0 Å². The number of benzene rings is 4. The van der Waals surface area contributed by atoms with Crippen LogP contribution in [0.3, 0.4) is 0 Å². The van der Waals surface area contributed by atoms with Gasteiger partial charge in [-0.25, -0.2) is 4.79 Å². The van der Waals surface area contributed by atoms with Gasteiger partial charge in [-0.15, -0.1) is 0 Å². The molecule has 0 saturated carbocycles. The van der Waals surface area contributed by atoms with Gasteiger partial charge in [-0.05, 0) is 61.0 Å². The second kappa shape index (κ2) is 12.9. The summed E-state index contributed by atoms with van der Waals surface area (Å²) in [6, 6.07) is 30.9. The molecular formula is C33H32N2O6. The zero-order valence-electron chi connectivity index (χ0n) is 23.1. The number of hydrogen-bond donors (Lipinski definition) is 0. The number of amides is 1. The number of carbonyl (C=O) groups is 2. The monoisotopic (exact) mass is 552 g/mol. The number of nitrogens with zero attached hydrogens (tertiary/aromatic N) is 2. The van der Waals surface area contributed by atoms with Crippen LogP contribution in [0.25, 0.3) is 21.8 Å². The minimum absolute atomic E-state index is 0.162. The highest BCUT2D eigenvalue weighted by molar-refractivity contribution is 6.07. The van der Waals surface area contributed by atoms with Crippen molar-refractivity contribution in [3.63, 3.8) is 0 Å². The normalized spacial score (nSPS) is 10.9. The first-order valence-electron chi connectivity index (χ1n) is 13.5. The molecule has 0 unspecified atom stereocenters. The van der Waals surface area contributed by atoms with E-state index in [1.807, 2.05) is 24.3 Å². The first kappa shape index (κ1) is 27.6. The number of rotatable bonds is 11. The van der Waals surface area contributed by atoms with E-state index in [2.05, 4.69) is 53.1 Å². The van der Waals surface area contributed by atoms with Gasteiger partial charge in [0.25, 0.3) is 0 Å². The van der Waals surface area contributed by atoms with Crippen molar-refractivity contribution in [2.24, 2.45) is 0 Å². The molecule has 210 valence electrons. The summed E-state index contributed by atoms with van der Waals surface area (Å²) in [6.07, 6.45) is -0.658. The Morgan fingerprint density at radius 2 is 1.34 bits per heavy atom. The van der Waals surface area contributed by atoms with Crippen LogP contribution in [-0.2, 0) is 22.6 Å². The van der Waals surface area contributed by atoms with Gasteiger partial charge in [0, 0.05) is 28.4 Å². The first-order valence-corrected chi connectivity index (χ1v) is 13.5. The van der Waals surface area contributed by atoms with Gasteiger partial charge in [-0.2, -0.15) is 0 Å². The van der Waals surface area contributed by atoms with Crippen LogP contribution in [-0.4, -0.2) is 48.4 Å². The average Bonchev–Trinajstić information content (AvgIpc) is 3.32. The molecule has 0 fully saturated rings. The highest BCUT2D eigenvalue weighted by atomic mass is 16.6. The van der Waals surface area contributed by atoms with Crippen molar-refractivity contribution in [2.45, 2.75) is 20.0 Å². The molecule has 8 heteroatoms. The minimum atomic E-state index is -0.658. The minimum Gasteiger partial charge on any atom is -0.497 e. The van der Waals surface area contributed by atoms with Gasteiger partial charge in [0.05, 0.1) is 20.3 Å². The SMILES string of the molecule is CCOC(=O)CN(Cc1ccc(OCCn2c3ccccc3c3ccccc32)cc1)C(=O)Oc1ccc(OC)cc1. The zero-order valence-corrected chi connectivity index (χ0v) is 23.1. The molecule has 5 rings (SSSR count). The number of esters is 1. The quantitative estimate of drug-likeness (QED) is 0.175. The van der Waals surface area contributed by atoms with Crippen LogP contribution in [0.15, 0.2) is 97.1 Å². The summed E-state index contributed by atoms with van der Waals surface area (Å²) < 4.78 is 24.0. The zero-order chi connectivity index (χ0) is 28.6. The lowest BCUT2D eigenvalue weighted by Crippen LogP contribution is -2.38. The third-order valence-corrected chi connectivity index (χ3v) is 6.71. The lowest BCUT2D eigenvalue weighted by atomic mass is 10.2. The molecule has 1 aromatic heterocycles. The summed E-state index contributed by atoms with van der Waals surface area (Å²) >= 11 is 0. The molecule has 0 radical (unpaired) electrons. The van der Waals surface area contributed by atoms with E-state index < -0.39 is 12.1 Å². The topological polar surface area (TPSA) is 79.2 Å². The Balaban J connectivity index is 1.23. The molecule has 1 amide bonds. The molecule has 4 aromatic carbocycles. The smallest absolute Gasteiger partial charge is 0.416 e. The van der Waals surface area contributed by atoms with Crippen LogP contribution in [0, 0.1) is 0 Å². The summed E-state index contributed by atoms with van der Waals surface area (Å²) in [5.41, 5.74) is 3.17. The van der Waals surface area contributed by atoms with E-state index in [0.29, 0.717) is 30.4 Å². The highest BCUT2D eigenvalue weighted by Crippen LogP contribution is 2.28. The maximum Gasteiger partial charge on any atom is 0.416 e. The fourth-order valence-corrected chi connectivity index (χ4v) is 4.77. The molecule has 0 N–H and O–H groups in total. The molecule has 0 aliphatic heterocycles. The lowest BCUT2D eigenvalue weighted by molar-refractivity contribution is -0.144. The predicted octanol–water partition coefficient (Wildman–Crippen LogP) is 6.45. The van der Waals surface area contributed by atoms with Crippen LogP contribution >= 0.6 is 0 Å². The number of ether oxygens (including phenoxy) is 4. The van der Waals surface area contributed by atoms with Crippen molar-refractivity contribution in [1.82, 2.24) is 9.47 Å². The highest BCUT2D eigenvalue weighted by Gasteiger charge is 2.21. The van der Waals surface area contributed by atoms with Gasteiger partial charge in [0.15, 0.2) is 0 Å². The fourth-order valence-electron chi connectivity index (χ4n) is 4.77. The summed E-state index contributed by atoms with van der Waals surface area (Å²) in [5.74, 6) is 1.19. The Kier molecular flexibility index (Phi) is 8.69. The summed E-state index contributed by atoms with van der Waals surface area (Å²) in [4.78, 5) is 26.5. The van der Waals surface area contributed by atoms with Crippen LogP contribution in [0.4, 0.5) is 4.79 Å². The average molecular weight is 553 g/mol. The van der Waals surface area contributed by atoms with E-state index in [-0.39, 0.29) is 19.7 Å². The lowest BCUT2D eigenvalue weighted by Gasteiger charge is -2.21. The van der Waals surface area contributed by atoms with Crippen LogP contribution in [0.2, 0.25) is 0 Å². The van der Waals surface area contributed by atoms with Crippen molar-refractivity contribution in [2.75, 3.05) is 26.9 Å². The van der Waals surface area contributed by atoms with Gasteiger partial charge < -0.3 is 23.5 Å². The Morgan fingerprint density at radius 3 is 1.95 bits per heavy atom. The van der Waals surface area contributed by atoms with Gasteiger partial charge in [-0.1, -0.05) is 48.5 Å². The largest absolute Gasteiger partial charge is 0.497 e. The van der Waals surface area contributed by atoms with Crippen molar-refractivity contribution < 1.29 is 28.5 Å². The summed E-state index contributed by atoms with van der Waals surface area (Å²) in [7, 11) is 1.56. The molecule has 41 heavy (non-hydrogen) atoms. The van der Waals surface area contributed by atoms with Crippen LogP contribution < -0.4 is 14.2 Å². The number of para-hydroxylation sites is 2. The third kappa shape index (κ3) is 6.61. The van der Waals surface area contributed by atoms with E-state index in [9.17, 15) is 9.59 Å². The maximum absolute atomic E-state index is 13.0. The molecule has 0 bridgehead atoms. The van der Waals surface area contributed by atoms with E-state index in [1.165, 1.54) is 26.7 Å². The van der Waals surface area contributed by atoms with Crippen molar-refractivity contribution >= 4 is 33.9 Å². The van der Waals surface area contributed by atoms with Crippen molar-refractivity contribution in [3.05, 3.63) is 103 Å². The number of methoxy groups -OCH3 is 1. The standard InChI is InChI=1S/C33H32N2O6/c1-3-39-32(36)23-34(33(37)41-27-18-16-25(38-2)17-19-27)22-24-12-14-26(15-13-24)40-21-20-35-30-10-6-4-8-28(30)29-9-5-7-11-31(29)35/h4-19H,3,20-23H2,1-2H3. The second-order valence-electron chi connectivity index (χ2n) is 9.38. The molecule has 0 spiro atoms. The maximum atomic E-state index is 13.0. The van der Waals surface area contributed by atoms with E-state index in [4.69, 9.17) is 18.9 Å². The van der Waals surface area contributed by atoms with Gasteiger partial charge in [0.1, 0.15) is 30.4 Å². The first-order chi connectivity index (χ1) is 20.1. The Bertz CT molecular complexity index is 1570. The predicted molar refractivity (Wildman–Crippen MR) is 157 cm³/mol. The Labute approximate surface area is 238 Å². The molecule has 8 nitrogen and oxygen atoms in total. The summed E-state index contributed by atoms with van der Waals surface area (Å²) in [6.45, 7) is 3.06. The fraction of sp³-hybridized carbons (Fsp3) is 0.212.